The Balaban J connectivity index is 2.04. The van der Waals surface area contributed by atoms with Crippen molar-refractivity contribution in [2.45, 2.75) is 6.61 Å². The van der Waals surface area contributed by atoms with Crippen molar-refractivity contribution < 1.29 is 4.74 Å². The molecule has 0 aliphatic heterocycles. The molecule has 1 aromatic heterocycles. The first-order chi connectivity index (χ1) is 7.75. The van der Waals surface area contributed by atoms with Gasteiger partial charge in [-0.3, -0.25) is 0 Å². The van der Waals surface area contributed by atoms with Gasteiger partial charge in [0.15, 0.2) is 0 Å². The molecule has 0 aliphatic rings. The van der Waals surface area contributed by atoms with Gasteiger partial charge in [0.25, 0.3) is 0 Å². The van der Waals surface area contributed by atoms with E-state index in [1.54, 1.807) is 11.3 Å². The van der Waals surface area contributed by atoms with Gasteiger partial charge in [0, 0.05) is 10.4 Å². The number of hydrogen-bond donors (Lipinski definition) is 1. The third kappa shape index (κ3) is 2.81. The van der Waals surface area contributed by atoms with Crippen LogP contribution in [0.3, 0.4) is 0 Å². The van der Waals surface area contributed by atoms with E-state index in [-0.39, 0.29) is 0 Å². The maximum atomic E-state index is 5.64. The monoisotopic (exact) mass is 249 g/mol. The lowest BCUT2D eigenvalue weighted by molar-refractivity contribution is 0.310. The topological polar surface area (TPSA) is 35.2 Å². The zero-order valence-corrected chi connectivity index (χ0v) is 10.2. The third-order valence-electron chi connectivity index (χ3n) is 2.08. The molecule has 0 saturated heterocycles. The van der Waals surface area contributed by atoms with Crippen molar-refractivity contribution >= 4 is 28.5 Å². The zero-order chi connectivity index (χ0) is 11.4. The Morgan fingerprint density at radius 1 is 1.31 bits per heavy atom. The molecule has 2 N–H and O–H groups in total. The smallest absolute Gasteiger partial charge is 0.122 e. The molecule has 0 fully saturated rings. The summed E-state index contributed by atoms with van der Waals surface area (Å²) < 4.78 is 5.64. The molecular weight excluding hydrogens is 238 g/mol. The van der Waals surface area contributed by atoms with Crippen LogP contribution in [-0.2, 0) is 6.61 Å². The fourth-order valence-electron chi connectivity index (χ4n) is 1.29. The Morgan fingerprint density at radius 3 is 2.88 bits per heavy atom. The van der Waals surface area contributed by atoms with Gasteiger partial charge in [0.1, 0.15) is 17.3 Å². The number of thiophene rings is 1. The Bertz CT molecular complexity index is 480. The van der Waals surface area contributed by atoms with Crippen LogP contribution in [0, 0.1) is 0 Å². The molecule has 1 heterocycles. The summed E-state index contributed by atoms with van der Waals surface area (Å²) in [5.74, 6) is 0.790. The first-order valence-corrected chi connectivity index (χ1v) is 6.09. The quantitative estimate of drug-likeness (QED) is 0.846. The number of nitrogens with two attached hydrogens (primary N) is 1. The maximum Gasteiger partial charge on any atom is 0.122 e. The highest BCUT2D eigenvalue weighted by molar-refractivity contribution is 7.80. The number of benzene rings is 1. The van der Waals surface area contributed by atoms with Gasteiger partial charge >= 0.3 is 0 Å². The summed E-state index contributed by atoms with van der Waals surface area (Å²) in [5.41, 5.74) is 6.38. The molecule has 0 aliphatic carbocycles. The Hall–Kier alpha value is -1.39. The molecular formula is C12H11NOS2. The Kier molecular flexibility index (Phi) is 3.54. The first kappa shape index (κ1) is 11.1. The summed E-state index contributed by atoms with van der Waals surface area (Å²) in [6, 6.07) is 11.6. The van der Waals surface area contributed by atoms with Crippen molar-refractivity contribution in [3.63, 3.8) is 0 Å². The fourth-order valence-corrected chi connectivity index (χ4v) is 2.03. The van der Waals surface area contributed by atoms with Gasteiger partial charge in [-0.2, -0.15) is 0 Å². The van der Waals surface area contributed by atoms with Crippen molar-refractivity contribution in [3.8, 4) is 5.75 Å². The number of hydrogen-bond acceptors (Lipinski definition) is 3. The molecule has 4 heteroatoms. The van der Waals surface area contributed by atoms with E-state index >= 15 is 0 Å². The molecule has 16 heavy (non-hydrogen) atoms. The van der Waals surface area contributed by atoms with Crippen LogP contribution in [-0.4, -0.2) is 4.99 Å². The average Bonchev–Trinajstić information content (AvgIpc) is 2.79. The Labute approximate surface area is 104 Å². The highest BCUT2D eigenvalue weighted by Crippen LogP contribution is 2.17. The minimum atomic E-state index is 0.390. The van der Waals surface area contributed by atoms with Crippen LogP contribution in [0.4, 0.5) is 0 Å². The Morgan fingerprint density at radius 2 is 2.19 bits per heavy atom. The lowest BCUT2D eigenvalue weighted by atomic mass is 10.2. The summed E-state index contributed by atoms with van der Waals surface area (Å²) in [4.78, 5) is 1.59. The van der Waals surface area contributed by atoms with Gasteiger partial charge in [-0.1, -0.05) is 30.4 Å². The van der Waals surface area contributed by atoms with Crippen LogP contribution >= 0.6 is 23.6 Å². The first-order valence-electron chi connectivity index (χ1n) is 4.81. The van der Waals surface area contributed by atoms with Gasteiger partial charge < -0.3 is 10.5 Å². The molecule has 0 spiro atoms. The van der Waals surface area contributed by atoms with E-state index in [0.717, 1.165) is 11.3 Å². The number of rotatable bonds is 4. The second-order valence-electron chi connectivity index (χ2n) is 3.26. The second-order valence-corrected chi connectivity index (χ2v) is 4.73. The molecule has 0 unspecified atom stereocenters. The van der Waals surface area contributed by atoms with E-state index < -0.39 is 0 Å². The predicted molar refractivity (Wildman–Crippen MR) is 71.0 cm³/mol. The van der Waals surface area contributed by atoms with E-state index in [4.69, 9.17) is 22.7 Å². The number of thiocarbonyl (C=S) groups is 1. The summed E-state index contributed by atoms with van der Waals surface area (Å²) in [5, 5.41) is 2.03. The van der Waals surface area contributed by atoms with E-state index in [2.05, 4.69) is 0 Å². The molecule has 0 amide bonds. The van der Waals surface area contributed by atoms with Gasteiger partial charge in [-0.15, -0.1) is 11.3 Å². The van der Waals surface area contributed by atoms with E-state index in [1.807, 2.05) is 41.8 Å². The summed E-state index contributed by atoms with van der Waals surface area (Å²) in [6.07, 6.45) is 0. The minimum absolute atomic E-state index is 0.390. The van der Waals surface area contributed by atoms with E-state index in [9.17, 15) is 0 Å². The van der Waals surface area contributed by atoms with Gasteiger partial charge in [0.05, 0.1) is 0 Å². The van der Waals surface area contributed by atoms with Crippen molar-refractivity contribution in [3.05, 3.63) is 52.2 Å². The number of ether oxygens (including phenoxy) is 1. The van der Waals surface area contributed by atoms with Crippen LogP contribution < -0.4 is 10.5 Å². The van der Waals surface area contributed by atoms with Crippen LogP contribution in [0.15, 0.2) is 41.8 Å². The minimum Gasteiger partial charge on any atom is -0.488 e. The molecule has 0 bridgehead atoms. The average molecular weight is 249 g/mol. The molecule has 0 saturated carbocycles. The van der Waals surface area contributed by atoms with E-state index in [1.165, 1.54) is 4.88 Å². The van der Waals surface area contributed by atoms with Crippen LogP contribution in [0.2, 0.25) is 0 Å². The molecule has 2 aromatic rings. The summed E-state index contributed by atoms with van der Waals surface area (Å²) >= 11 is 6.59. The SMILES string of the molecule is NC(=S)c1cccc(OCc2cccs2)c1. The van der Waals surface area contributed by atoms with Crippen molar-refractivity contribution in [2.75, 3.05) is 0 Å². The second kappa shape index (κ2) is 5.09. The highest BCUT2D eigenvalue weighted by atomic mass is 32.1. The molecule has 0 radical (unpaired) electrons. The fraction of sp³-hybridized carbons (Fsp3) is 0.0833. The van der Waals surface area contributed by atoms with Gasteiger partial charge in [-0.05, 0) is 23.6 Å². The summed E-state index contributed by atoms with van der Waals surface area (Å²) in [6.45, 7) is 0.582. The maximum absolute atomic E-state index is 5.64. The zero-order valence-electron chi connectivity index (χ0n) is 8.55. The third-order valence-corrected chi connectivity index (χ3v) is 3.17. The lowest BCUT2D eigenvalue weighted by Gasteiger charge is -2.06. The molecule has 2 nitrogen and oxygen atoms in total. The summed E-state index contributed by atoms with van der Waals surface area (Å²) in [7, 11) is 0. The molecule has 1 aromatic carbocycles. The highest BCUT2D eigenvalue weighted by Gasteiger charge is 2.00. The largest absolute Gasteiger partial charge is 0.488 e. The standard InChI is InChI=1S/C12H11NOS2/c13-12(15)9-3-1-4-10(7-9)14-8-11-5-2-6-16-11/h1-7H,8H2,(H2,13,15). The molecule has 0 atom stereocenters. The van der Waals surface area contributed by atoms with Crippen molar-refractivity contribution in [1.29, 1.82) is 0 Å². The van der Waals surface area contributed by atoms with Crippen LogP contribution in [0.5, 0.6) is 5.75 Å². The normalized spacial score (nSPS) is 10.0. The van der Waals surface area contributed by atoms with E-state index in [0.29, 0.717) is 11.6 Å². The van der Waals surface area contributed by atoms with Crippen molar-refractivity contribution in [2.24, 2.45) is 5.73 Å². The van der Waals surface area contributed by atoms with Crippen LogP contribution in [0.1, 0.15) is 10.4 Å². The van der Waals surface area contributed by atoms with Crippen molar-refractivity contribution in [1.82, 2.24) is 0 Å². The van der Waals surface area contributed by atoms with Gasteiger partial charge in [-0.25, -0.2) is 0 Å². The predicted octanol–water partition coefficient (Wildman–Crippen LogP) is 2.96. The van der Waals surface area contributed by atoms with Crippen LogP contribution in [0.25, 0.3) is 0 Å². The molecule has 2 rings (SSSR count). The van der Waals surface area contributed by atoms with Gasteiger partial charge in [0.2, 0.25) is 0 Å². The molecule has 82 valence electrons. The lowest BCUT2D eigenvalue weighted by Crippen LogP contribution is -2.09.